The molecule has 0 aliphatic rings. The van der Waals surface area contributed by atoms with Gasteiger partial charge in [-0.2, -0.15) is 0 Å². The van der Waals surface area contributed by atoms with Crippen molar-refractivity contribution in [2.75, 3.05) is 0 Å². The number of pyridine rings is 2. The van der Waals surface area contributed by atoms with Gasteiger partial charge in [-0.25, -0.2) is 9.97 Å². The average molecular weight is 565 g/mol. The van der Waals surface area contributed by atoms with Crippen LogP contribution in [0.25, 0.3) is 33.9 Å². The van der Waals surface area contributed by atoms with Crippen molar-refractivity contribution in [3.8, 4) is 45.4 Å². The third-order valence-electron chi connectivity index (χ3n) is 7.88. The maximum Gasteiger partial charge on any atom is 0.128 e. The lowest BCUT2D eigenvalue weighted by atomic mass is 9.78. The van der Waals surface area contributed by atoms with Gasteiger partial charge in [0.1, 0.15) is 11.5 Å². The largest absolute Gasteiger partial charge is 0.507 e. The number of phenols is 2. The predicted octanol–water partition coefficient (Wildman–Crippen LogP) is 10.1. The molecule has 4 nitrogen and oxygen atoms in total. The zero-order chi connectivity index (χ0) is 31.4. The molecule has 0 aliphatic heterocycles. The summed E-state index contributed by atoms with van der Waals surface area (Å²) in [6.45, 7) is 25.8. The average Bonchev–Trinajstić information content (AvgIpc) is 2.86. The fourth-order valence-corrected chi connectivity index (χ4v) is 5.12. The molecule has 2 aromatic carbocycles. The van der Waals surface area contributed by atoms with Crippen LogP contribution in [0.15, 0.2) is 60.7 Å². The Hall–Kier alpha value is -3.66. The molecule has 2 N–H and O–H groups in total. The molecule has 0 fully saturated rings. The summed E-state index contributed by atoms with van der Waals surface area (Å²) in [5.74, 6) is 0.529. The third kappa shape index (κ3) is 6.38. The van der Waals surface area contributed by atoms with Crippen LogP contribution in [0.1, 0.15) is 105 Å². The highest BCUT2D eigenvalue weighted by Gasteiger charge is 2.27. The molecular weight excluding hydrogens is 516 g/mol. The maximum absolute atomic E-state index is 11.5. The van der Waals surface area contributed by atoms with E-state index in [0.717, 1.165) is 33.4 Å². The summed E-state index contributed by atoms with van der Waals surface area (Å²) in [6, 6.07) is 20.0. The first-order chi connectivity index (χ1) is 19.2. The van der Waals surface area contributed by atoms with Crippen molar-refractivity contribution in [3.05, 3.63) is 82.9 Å². The number of hydrogen-bond donors (Lipinski definition) is 2. The second kappa shape index (κ2) is 10.6. The van der Waals surface area contributed by atoms with Gasteiger partial charge in [0, 0.05) is 22.3 Å². The molecule has 2 heterocycles. The van der Waals surface area contributed by atoms with Crippen LogP contribution in [-0.4, -0.2) is 20.2 Å². The minimum Gasteiger partial charge on any atom is -0.507 e. The molecule has 0 aliphatic carbocycles. The second-order valence-corrected chi connectivity index (χ2v) is 15.7. The van der Waals surface area contributed by atoms with Crippen LogP contribution in [0, 0.1) is 0 Å². The first-order valence-corrected chi connectivity index (χ1v) is 14.9. The van der Waals surface area contributed by atoms with Gasteiger partial charge in [0.05, 0.1) is 22.8 Å². The number of aromatic hydroxyl groups is 2. The Morgan fingerprint density at radius 2 is 0.738 bits per heavy atom. The minimum absolute atomic E-state index is 0.0918. The van der Waals surface area contributed by atoms with Crippen molar-refractivity contribution in [2.24, 2.45) is 0 Å². The van der Waals surface area contributed by atoms with Crippen LogP contribution in [0.5, 0.6) is 11.5 Å². The van der Waals surface area contributed by atoms with Crippen LogP contribution >= 0.6 is 0 Å². The summed E-state index contributed by atoms with van der Waals surface area (Å²) in [4.78, 5) is 10.0. The molecule has 4 aromatic rings. The Bertz CT molecular complexity index is 1500. The number of phenolic OH excluding ortho intramolecular Hbond substituents is 2. The van der Waals surface area contributed by atoms with Crippen molar-refractivity contribution < 1.29 is 10.2 Å². The molecule has 0 unspecified atom stereocenters. The Morgan fingerprint density at radius 1 is 0.429 bits per heavy atom. The lowest BCUT2D eigenvalue weighted by molar-refractivity contribution is 0.445. The standard InChI is InChI=1S/C38H48N2O2/c1-35(2,3)23-19-25(33(41)27(21-23)37(7,8)9)29-15-13-17-31(39-29)32-18-14-16-30(40-32)26-20-24(36(4,5)6)22-28(34(26)42)38(10,11)12/h13-22,41-42H,1-12H3. The molecule has 0 amide bonds. The van der Waals surface area contributed by atoms with E-state index in [4.69, 9.17) is 9.97 Å². The van der Waals surface area contributed by atoms with E-state index < -0.39 is 0 Å². The molecule has 0 saturated heterocycles. The summed E-state index contributed by atoms with van der Waals surface area (Å²) >= 11 is 0. The zero-order valence-electron chi connectivity index (χ0n) is 27.6. The summed E-state index contributed by atoms with van der Waals surface area (Å²) in [5.41, 5.74) is 7.69. The van der Waals surface area contributed by atoms with Gasteiger partial charge in [-0.15, -0.1) is 0 Å². The molecule has 2 aromatic heterocycles. The van der Waals surface area contributed by atoms with Crippen molar-refractivity contribution in [2.45, 2.75) is 105 Å². The van der Waals surface area contributed by atoms with Gasteiger partial charge in [0.2, 0.25) is 0 Å². The number of rotatable bonds is 3. The van der Waals surface area contributed by atoms with Crippen LogP contribution in [-0.2, 0) is 21.7 Å². The number of aromatic nitrogens is 2. The van der Waals surface area contributed by atoms with E-state index in [2.05, 4.69) is 107 Å². The highest BCUT2D eigenvalue weighted by atomic mass is 16.3. The Kier molecular flexibility index (Phi) is 7.86. The lowest BCUT2D eigenvalue weighted by Crippen LogP contribution is -2.17. The van der Waals surface area contributed by atoms with Crippen molar-refractivity contribution in [1.82, 2.24) is 9.97 Å². The highest BCUT2D eigenvalue weighted by Crippen LogP contribution is 2.43. The van der Waals surface area contributed by atoms with Crippen LogP contribution < -0.4 is 0 Å². The van der Waals surface area contributed by atoms with E-state index in [0.29, 0.717) is 22.8 Å². The minimum atomic E-state index is -0.233. The molecule has 0 radical (unpaired) electrons. The topological polar surface area (TPSA) is 66.2 Å². The zero-order valence-corrected chi connectivity index (χ0v) is 27.6. The van der Waals surface area contributed by atoms with E-state index in [1.807, 2.05) is 36.4 Å². The number of hydrogen-bond acceptors (Lipinski definition) is 4. The Morgan fingerprint density at radius 3 is 1.02 bits per heavy atom. The predicted molar refractivity (Wildman–Crippen MR) is 176 cm³/mol. The Balaban J connectivity index is 1.88. The van der Waals surface area contributed by atoms with Crippen LogP contribution in [0.2, 0.25) is 0 Å². The molecule has 0 atom stereocenters. The van der Waals surface area contributed by atoms with Gasteiger partial charge in [0.15, 0.2) is 0 Å². The molecular formula is C38H48N2O2. The van der Waals surface area contributed by atoms with E-state index in [1.54, 1.807) is 0 Å². The van der Waals surface area contributed by atoms with Crippen molar-refractivity contribution in [1.29, 1.82) is 0 Å². The molecule has 42 heavy (non-hydrogen) atoms. The van der Waals surface area contributed by atoms with Crippen LogP contribution in [0.4, 0.5) is 0 Å². The quantitative estimate of drug-likeness (QED) is 0.260. The molecule has 222 valence electrons. The second-order valence-electron chi connectivity index (χ2n) is 15.7. The monoisotopic (exact) mass is 564 g/mol. The molecule has 4 rings (SSSR count). The summed E-state index contributed by atoms with van der Waals surface area (Å²) < 4.78 is 0. The smallest absolute Gasteiger partial charge is 0.128 e. The first kappa shape index (κ1) is 31.3. The number of benzene rings is 2. The first-order valence-electron chi connectivity index (χ1n) is 14.9. The third-order valence-corrected chi connectivity index (χ3v) is 7.88. The summed E-state index contributed by atoms with van der Waals surface area (Å²) in [7, 11) is 0. The van der Waals surface area contributed by atoms with Gasteiger partial charge in [-0.3, -0.25) is 0 Å². The van der Waals surface area contributed by atoms with E-state index >= 15 is 0 Å². The SMILES string of the molecule is CC(C)(C)c1cc(-c2cccc(-c3cccc(-c4cc(C(C)(C)C)cc(C(C)(C)C)c4O)n3)n2)c(O)c(C(C)(C)C)c1. The molecule has 4 heteroatoms. The normalized spacial score (nSPS) is 13.0. The van der Waals surface area contributed by atoms with Gasteiger partial charge in [-0.1, -0.05) is 107 Å². The van der Waals surface area contributed by atoms with Gasteiger partial charge in [-0.05, 0) is 69.2 Å². The number of nitrogens with zero attached hydrogens (tertiary/aromatic N) is 2. The van der Waals surface area contributed by atoms with Crippen LogP contribution in [0.3, 0.4) is 0 Å². The van der Waals surface area contributed by atoms with Crippen molar-refractivity contribution in [3.63, 3.8) is 0 Å². The lowest BCUT2D eigenvalue weighted by Gasteiger charge is -2.27. The summed E-state index contributed by atoms with van der Waals surface area (Å²) in [6.07, 6.45) is 0. The van der Waals surface area contributed by atoms with E-state index in [9.17, 15) is 10.2 Å². The fourth-order valence-electron chi connectivity index (χ4n) is 5.12. The fraction of sp³-hybridized carbons (Fsp3) is 0.421. The van der Waals surface area contributed by atoms with Crippen molar-refractivity contribution >= 4 is 0 Å². The van der Waals surface area contributed by atoms with Gasteiger partial charge < -0.3 is 10.2 Å². The molecule has 0 spiro atoms. The van der Waals surface area contributed by atoms with Gasteiger partial charge >= 0.3 is 0 Å². The van der Waals surface area contributed by atoms with Gasteiger partial charge in [0.25, 0.3) is 0 Å². The molecule has 0 saturated carbocycles. The van der Waals surface area contributed by atoms with E-state index in [1.165, 1.54) is 0 Å². The summed E-state index contributed by atoms with van der Waals surface area (Å²) in [5, 5.41) is 22.9. The highest BCUT2D eigenvalue weighted by molar-refractivity contribution is 5.75. The Labute approximate surface area is 252 Å². The van der Waals surface area contributed by atoms with E-state index in [-0.39, 0.29) is 33.2 Å². The molecule has 0 bridgehead atoms. The maximum atomic E-state index is 11.5.